The molecule has 0 spiro atoms. The number of carbonyl (C=O) groups is 1. The quantitative estimate of drug-likeness (QED) is 0.700. The van der Waals surface area contributed by atoms with Gasteiger partial charge in [-0.15, -0.1) is 0 Å². The highest BCUT2D eigenvalue weighted by Gasteiger charge is 2.01. The number of hydrazone groups is 1. The van der Waals surface area contributed by atoms with Crippen molar-refractivity contribution in [3.8, 4) is 0 Å². The molecule has 1 heterocycles. The number of hydrogen-bond donors (Lipinski definition) is 1. The van der Waals surface area contributed by atoms with E-state index in [9.17, 15) is 4.79 Å². The summed E-state index contributed by atoms with van der Waals surface area (Å²) in [5.74, 6) is -0.281. The van der Waals surface area contributed by atoms with Crippen LogP contribution in [0.4, 0.5) is 0 Å². The Morgan fingerprint density at radius 1 is 1.28 bits per heavy atom. The Hall–Kier alpha value is -2.01. The van der Waals surface area contributed by atoms with Crippen LogP contribution in [-0.2, 0) is 0 Å². The maximum absolute atomic E-state index is 11.6. The molecule has 1 aromatic heterocycles. The average Bonchev–Trinajstić information content (AvgIpc) is 2.42. The minimum absolute atomic E-state index is 0.281. The summed E-state index contributed by atoms with van der Waals surface area (Å²) in [5.41, 5.74) is 3.83. The molecule has 0 aliphatic carbocycles. The van der Waals surface area contributed by atoms with E-state index in [1.165, 1.54) is 6.20 Å². The number of pyridine rings is 1. The van der Waals surface area contributed by atoms with Crippen LogP contribution >= 0.6 is 15.9 Å². The molecule has 0 saturated heterocycles. The predicted molar refractivity (Wildman–Crippen MR) is 73.4 cm³/mol. The van der Waals surface area contributed by atoms with Gasteiger partial charge in [-0.1, -0.05) is 28.1 Å². The van der Waals surface area contributed by atoms with E-state index in [0.717, 1.165) is 10.0 Å². The van der Waals surface area contributed by atoms with Crippen LogP contribution in [-0.4, -0.2) is 17.1 Å². The molecule has 0 saturated carbocycles. The van der Waals surface area contributed by atoms with Gasteiger partial charge in [0, 0.05) is 16.9 Å². The van der Waals surface area contributed by atoms with Gasteiger partial charge in [0.2, 0.25) is 0 Å². The van der Waals surface area contributed by atoms with Gasteiger partial charge in [0.15, 0.2) is 0 Å². The number of nitrogens with zero attached hydrogens (tertiary/aromatic N) is 2. The maximum atomic E-state index is 11.6. The summed E-state index contributed by atoms with van der Waals surface area (Å²) < 4.78 is 0.999. The summed E-state index contributed by atoms with van der Waals surface area (Å²) in [7, 11) is 0. The van der Waals surface area contributed by atoms with Crippen LogP contribution in [0.25, 0.3) is 0 Å². The molecule has 1 aromatic carbocycles. The van der Waals surface area contributed by atoms with E-state index in [0.29, 0.717) is 5.56 Å². The molecule has 0 fully saturated rings. The number of halogens is 1. The zero-order valence-electron chi connectivity index (χ0n) is 9.38. The molecule has 0 aliphatic heterocycles. The lowest BCUT2D eigenvalue weighted by Gasteiger charge is -1.98. The van der Waals surface area contributed by atoms with Gasteiger partial charge < -0.3 is 0 Å². The normalized spacial score (nSPS) is 10.5. The molecule has 5 heteroatoms. The van der Waals surface area contributed by atoms with Crippen LogP contribution in [0.1, 0.15) is 15.9 Å². The highest BCUT2D eigenvalue weighted by atomic mass is 79.9. The summed E-state index contributed by atoms with van der Waals surface area (Å²) in [4.78, 5) is 15.5. The van der Waals surface area contributed by atoms with Gasteiger partial charge in [0.25, 0.3) is 5.91 Å². The van der Waals surface area contributed by atoms with E-state index in [1.54, 1.807) is 24.5 Å². The van der Waals surface area contributed by atoms with Gasteiger partial charge in [0.1, 0.15) is 0 Å². The number of rotatable bonds is 3. The van der Waals surface area contributed by atoms with Crippen molar-refractivity contribution in [3.05, 3.63) is 64.4 Å². The number of carbonyl (C=O) groups excluding carboxylic acids is 1. The molecule has 0 atom stereocenters. The topological polar surface area (TPSA) is 54.4 Å². The Bertz CT molecular complexity index is 552. The van der Waals surface area contributed by atoms with Crippen molar-refractivity contribution in [3.63, 3.8) is 0 Å². The van der Waals surface area contributed by atoms with E-state index >= 15 is 0 Å². The molecule has 1 N–H and O–H groups in total. The molecule has 0 unspecified atom stereocenters. The summed E-state index contributed by atoms with van der Waals surface area (Å²) in [5, 5.41) is 3.88. The Morgan fingerprint density at radius 3 is 2.72 bits per heavy atom. The highest BCUT2D eigenvalue weighted by Crippen LogP contribution is 2.08. The zero-order chi connectivity index (χ0) is 12.8. The first-order valence-corrected chi connectivity index (χ1v) is 6.04. The van der Waals surface area contributed by atoms with Crippen LogP contribution in [0.15, 0.2) is 58.4 Å². The molecule has 90 valence electrons. The molecule has 18 heavy (non-hydrogen) atoms. The summed E-state index contributed by atoms with van der Waals surface area (Å²) in [6.07, 6.45) is 4.69. The Labute approximate surface area is 113 Å². The lowest BCUT2D eigenvalue weighted by Crippen LogP contribution is -2.17. The summed E-state index contributed by atoms with van der Waals surface area (Å²) >= 11 is 3.35. The van der Waals surface area contributed by atoms with Crippen molar-refractivity contribution in [2.24, 2.45) is 5.10 Å². The smallest absolute Gasteiger partial charge is 0.267 e. The van der Waals surface area contributed by atoms with Gasteiger partial charge in [-0.3, -0.25) is 9.78 Å². The third kappa shape index (κ3) is 3.49. The van der Waals surface area contributed by atoms with Crippen molar-refractivity contribution < 1.29 is 4.79 Å². The number of hydrogen-bond acceptors (Lipinski definition) is 3. The molecular weight excluding hydrogens is 294 g/mol. The van der Waals surface area contributed by atoms with Crippen LogP contribution in [0, 0.1) is 0 Å². The van der Waals surface area contributed by atoms with Crippen LogP contribution in [0.5, 0.6) is 0 Å². The zero-order valence-corrected chi connectivity index (χ0v) is 11.0. The minimum atomic E-state index is -0.281. The molecular formula is C13H10BrN3O. The molecule has 4 nitrogen and oxygen atoms in total. The predicted octanol–water partition coefficient (Wildman–Crippen LogP) is 2.61. The van der Waals surface area contributed by atoms with E-state index < -0.39 is 0 Å². The van der Waals surface area contributed by atoms with Crippen molar-refractivity contribution in [1.82, 2.24) is 10.4 Å². The highest BCUT2D eigenvalue weighted by molar-refractivity contribution is 9.10. The lowest BCUT2D eigenvalue weighted by atomic mass is 10.2. The van der Waals surface area contributed by atoms with E-state index in [-0.39, 0.29) is 5.91 Å². The van der Waals surface area contributed by atoms with Gasteiger partial charge >= 0.3 is 0 Å². The summed E-state index contributed by atoms with van der Waals surface area (Å²) in [6.45, 7) is 0. The molecule has 2 rings (SSSR count). The molecule has 1 amide bonds. The van der Waals surface area contributed by atoms with Crippen molar-refractivity contribution in [2.75, 3.05) is 0 Å². The van der Waals surface area contributed by atoms with Crippen molar-refractivity contribution >= 4 is 28.1 Å². The number of aromatic nitrogens is 1. The third-order valence-corrected chi connectivity index (χ3v) is 2.70. The van der Waals surface area contributed by atoms with Crippen LogP contribution in [0.3, 0.4) is 0 Å². The van der Waals surface area contributed by atoms with Gasteiger partial charge in [-0.05, 0) is 29.8 Å². The Morgan fingerprint density at radius 2 is 2.06 bits per heavy atom. The van der Waals surface area contributed by atoms with E-state index in [4.69, 9.17) is 0 Å². The third-order valence-electron chi connectivity index (χ3n) is 2.17. The first-order valence-electron chi connectivity index (χ1n) is 5.25. The van der Waals surface area contributed by atoms with Gasteiger partial charge in [0.05, 0.1) is 11.8 Å². The fourth-order valence-electron chi connectivity index (χ4n) is 1.28. The molecule has 2 aromatic rings. The van der Waals surface area contributed by atoms with Gasteiger partial charge in [-0.25, -0.2) is 5.43 Å². The van der Waals surface area contributed by atoms with E-state index in [1.807, 2.05) is 24.3 Å². The first kappa shape index (κ1) is 12.4. The second kappa shape index (κ2) is 6.07. The average molecular weight is 304 g/mol. The second-order valence-electron chi connectivity index (χ2n) is 3.49. The van der Waals surface area contributed by atoms with Crippen molar-refractivity contribution in [2.45, 2.75) is 0 Å². The lowest BCUT2D eigenvalue weighted by molar-refractivity contribution is 0.0955. The minimum Gasteiger partial charge on any atom is -0.267 e. The summed E-state index contributed by atoms with van der Waals surface area (Å²) in [6, 6.07) is 11.0. The Balaban J connectivity index is 1.96. The number of amides is 1. The molecule has 0 radical (unpaired) electrons. The number of benzene rings is 1. The van der Waals surface area contributed by atoms with Crippen LogP contribution in [0.2, 0.25) is 0 Å². The largest absolute Gasteiger partial charge is 0.272 e. The van der Waals surface area contributed by atoms with E-state index in [2.05, 4.69) is 31.4 Å². The molecule has 0 aliphatic rings. The fraction of sp³-hybridized carbons (Fsp3) is 0. The second-order valence-corrected chi connectivity index (χ2v) is 4.41. The molecule has 0 bridgehead atoms. The van der Waals surface area contributed by atoms with Crippen molar-refractivity contribution in [1.29, 1.82) is 0 Å². The van der Waals surface area contributed by atoms with Crippen LogP contribution < -0.4 is 5.43 Å². The fourth-order valence-corrected chi connectivity index (χ4v) is 1.54. The first-order chi connectivity index (χ1) is 8.75. The Kier molecular flexibility index (Phi) is 4.20. The van der Waals surface area contributed by atoms with Gasteiger partial charge in [-0.2, -0.15) is 5.10 Å². The SMILES string of the molecule is O=C(N/N=C\c1ccc(Br)cc1)c1cccnc1. The standard InChI is InChI=1S/C13H10BrN3O/c14-12-5-3-10(4-6-12)8-16-17-13(18)11-2-1-7-15-9-11/h1-9H,(H,17,18)/b16-8-. The monoisotopic (exact) mass is 303 g/mol. The maximum Gasteiger partial charge on any atom is 0.272 e. The number of nitrogens with one attached hydrogen (secondary N) is 1.